The number of likely N-dealkylation sites (tertiary alicyclic amines) is 1. The molecule has 1 unspecified atom stereocenters. The number of hydrogen-bond donors (Lipinski definition) is 2. The molecule has 8 nitrogen and oxygen atoms in total. The van der Waals surface area contributed by atoms with E-state index >= 15 is 0 Å². The van der Waals surface area contributed by atoms with Crippen molar-refractivity contribution in [1.82, 2.24) is 20.0 Å². The lowest BCUT2D eigenvalue weighted by molar-refractivity contribution is -0.131. The van der Waals surface area contributed by atoms with Crippen molar-refractivity contribution >= 4 is 17.8 Å². The third-order valence-electron chi connectivity index (χ3n) is 5.90. The van der Waals surface area contributed by atoms with E-state index in [0.29, 0.717) is 26.2 Å². The number of rotatable bonds is 10. The van der Waals surface area contributed by atoms with Gasteiger partial charge in [0.25, 0.3) is 0 Å². The van der Waals surface area contributed by atoms with E-state index in [1.165, 1.54) is 5.56 Å². The molecule has 1 atom stereocenters. The van der Waals surface area contributed by atoms with Crippen LogP contribution in [0.5, 0.6) is 0 Å². The summed E-state index contributed by atoms with van der Waals surface area (Å²) in [5.74, 6) is 0.575. The molecule has 1 aliphatic heterocycles. The molecule has 1 aliphatic rings. The molecule has 2 rings (SSSR count). The molecular formula is C24H40N6O2. The SMILES string of the molecule is CCNC(=NCc1cccc(CN2CCCC(C(N)=O)C2)c1)N(C)CC(=O)N(CC)CC. The summed E-state index contributed by atoms with van der Waals surface area (Å²) in [4.78, 5) is 34.8. The minimum Gasteiger partial charge on any atom is -0.369 e. The van der Waals surface area contributed by atoms with Crippen LogP contribution in [-0.2, 0) is 22.7 Å². The number of carbonyl (C=O) groups excluding carboxylic acids is 2. The van der Waals surface area contributed by atoms with E-state index in [0.717, 1.165) is 50.5 Å². The zero-order valence-electron chi connectivity index (χ0n) is 20.1. The minimum atomic E-state index is -0.197. The highest BCUT2D eigenvalue weighted by Gasteiger charge is 2.23. The molecule has 1 fully saturated rings. The Balaban J connectivity index is 2.01. The highest BCUT2D eigenvalue weighted by molar-refractivity contribution is 5.86. The van der Waals surface area contributed by atoms with Gasteiger partial charge in [-0.15, -0.1) is 0 Å². The van der Waals surface area contributed by atoms with Crippen molar-refractivity contribution in [3.05, 3.63) is 35.4 Å². The zero-order valence-corrected chi connectivity index (χ0v) is 20.1. The van der Waals surface area contributed by atoms with Crippen LogP contribution in [0.2, 0.25) is 0 Å². The van der Waals surface area contributed by atoms with Gasteiger partial charge in [0, 0.05) is 39.8 Å². The van der Waals surface area contributed by atoms with Gasteiger partial charge in [0.1, 0.15) is 0 Å². The number of aliphatic imine (C=N–C) groups is 1. The molecule has 1 saturated heterocycles. The van der Waals surface area contributed by atoms with Gasteiger partial charge in [0.05, 0.1) is 19.0 Å². The summed E-state index contributed by atoms with van der Waals surface area (Å²) < 4.78 is 0. The standard InChI is InChI=1S/C24H40N6O2/c1-5-26-24(28(4)18-22(31)30(6-2)7-3)27-15-19-10-8-11-20(14-19)16-29-13-9-12-21(17-29)23(25)32/h8,10-11,14,21H,5-7,9,12-13,15-18H2,1-4H3,(H2,25,32)(H,26,27). The number of benzene rings is 1. The van der Waals surface area contributed by atoms with Crippen molar-refractivity contribution in [2.24, 2.45) is 16.6 Å². The number of primary amides is 1. The van der Waals surface area contributed by atoms with Crippen LogP contribution in [0, 0.1) is 5.92 Å². The van der Waals surface area contributed by atoms with Gasteiger partial charge in [0.2, 0.25) is 11.8 Å². The van der Waals surface area contributed by atoms with Crippen LogP contribution < -0.4 is 11.1 Å². The average molecular weight is 445 g/mol. The molecule has 1 heterocycles. The fraction of sp³-hybridized carbons (Fsp3) is 0.625. The second-order valence-electron chi connectivity index (χ2n) is 8.39. The van der Waals surface area contributed by atoms with Crippen molar-refractivity contribution in [2.75, 3.05) is 46.3 Å². The van der Waals surface area contributed by atoms with Gasteiger partial charge < -0.3 is 20.9 Å². The molecule has 2 amide bonds. The summed E-state index contributed by atoms with van der Waals surface area (Å²) in [7, 11) is 1.89. The van der Waals surface area contributed by atoms with E-state index in [4.69, 9.17) is 10.7 Å². The molecule has 0 aromatic heterocycles. The fourth-order valence-electron chi connectivity index (χ4n) is 4.11. The number of guanidine groups is 1. The second-order valence-corrected chi connectivity index (χ2v) is 8.39. The van der Waals surface area contributed by atoms with Gasteiger partial charge in [-0.25, -0.2) is 4.99 Å². The van der Waals surface area contributed by atoms with Gasteiger partial charge >= 0.3 is 0 Å². The van der Waals surface area contributed by atoms with Gasteiger partial charge in [-0.1, -0.05) is 24.3 Å². The molecule has 1 aromatic carbocycles. The highest BCUT2D eigenvalue weighted by atomic mass is 16.2. The van der Waals surface area contributed by atoms with E-state index in [2.05, 4.69) is 34.5 Å². The predicted molar refractivity (Wildman–Crippen MR) is 129 cm³/mol. The van der Waals surface area contributed by atoms with Crippen molar-refractivity contribution in [2.45, 2.75) is 46.7 Å². The van der Waals surface area contributed by atoms with E-state index < -0.39 is 0 Å². The Labute approximate surface area is 192 Å². The van der Waals surface area contributed by atoms with E-state index in [1.54, 1.807) is 0 Å². The average Bonchev–Trinajstić information content (AvgIpc) is 2.77. The first-order valence-corrected chi connectivity index (χ1v) is 11.7. The van der Waals surface area contributed by atoms with Crippen molar-refractivity contribution in [3.8, 4) is 0 Å². The minimum absolute atomic E-state index is 0.0474. The number of piperidine rings is 1. The van der Waals surface area contributed by atoms with Crippen LogP contribution in [0.4, 0.5) is 0 Å². The maximum atomic E-state index is 12.5. The van der Waals surface area contributed by atoms with Gasteiger partial charge in [-0.2, -0.15) is 0 Å². The topological polar surface area (TPSA) is 94.3 Å². The Bertz CT molecular complexity index is 778. The lowest BCUT2D eigenvalue weighted by atomic mass is 9.97. The molecule has 3 N–H and O–H groups in total. The summed E-state index contributed by atoms with van der Waals surface area (Å²) >= 11 is 0. The Kier molecular flexibility index (Phi) is 10.5. The van der Waals surface area contributed by atoms with E-state index in [-0.39, 0.29) is 17.7 Å². The van der Waals surface area contributed by atoms with Crippen LogP contribution in [0.1, 0.15) is 44.7 Å². The number of likely N-dealkylation sites (N-methyl/N-ethyl adjacent to an activating group) is 2. The second kappa shape index (κ2) is 13.1. The molecule has 0 spiro atoms. The van der Waals surface area contributed by atoms with Crippen LogP contribution in [0.3, 0.4) is 0 Å². The smallest absolute Gasteiger partial charge is 0.242 e. The molecule has 0 radical (unpaired) electrons. The van der Waals surface area contributed by atoms with Crippen molar-refractivity contribution < 1.29 is 9.59 Å². The lowest BCUT2D eigenvalue weighted by Gasteiger charge is -2.31. The fourth-order valence-corrected chi connectivity index (χ4v) is 4.11. The number of nitrogens with two attached hydrogens (primary N) is 1. The summed E-state index contributed by atoms with van der Waals surface area (Å²) in [6.07, 6.45) is 1.89. The molecule has 0 saturated carbocycles. The summed E-state index contributed by atoms with van der Waals surface area (Å²) in [5.41, 5.74) is 7.83. The van der Waals surface area contributed by atoms with Gasteiger partial charge in [-0.3, -0.25) is 14.5 Å². The summed E-state index contributed by atoms with van der Waals surface area (Å²) in [6.45, 7) is 11.5. The van der Waals surface area contributed by atoms with E-state index in [1.807, 2.05) is 37.6 Å². The zero-order chi connectivity index (χ0) is 23.5. The van der Waals surface area contributed by atoms with Crippen LogP contribution in [0.15, 0.2) is 29.3 Å². The Morgan fingerprint density at radius 2 is 1.94 bits per heavy atom. The Hall–Kier alpha value is -2.61. The van der Waals surface area contributed by atoms with E-state index in [9.17, 15) is 9.59 Å². The number of nitrogens with one attached hydrogen (secondary N) is 1. The van der Waals surface area contributed by atoms with Crippen LogP contribution >= 0.6 is 0 Å². The molecule has 8 heteroatoms. The molecule has 1 aromatic rings. The monoisotopic (exact) mass is 444 g/mol. The first-order valence-electron chi connectivity index (χ1n) is 11.7. The van der Waals surface area contributed by atoms with Crippen molar-refractivity contribution in [3.63, 3.8) is 0 Å². The quantitative estimate of drug-likeness (QED) is 0.423. The maximum Gasteiger partial charge on any atom is 0.242 e. The molecule has 0 aliphatic carbocycles. The molecule has 32 heavy (non-hydrogen) atoms. The van der Waals surface area contributed by atoms with Crippen LogP contribution in [0.25, 0.3) is 0 Å². The first kappa shape index (κ1) is 25.6. The number of nitrogens with zero attached hydrogens (tertiary/aromatic N) is 4. The molecular weight excluding hydrogens is 404 g/mol. The largest absolute Gasteiger partial charge is 0.369 e. The predicted octanol–water partition coefficient (Wildman–Crippen LogP) is 1.65. The number of amides is 2. The molecule has 0 bridgehead atoms. The first-order chi connectivity index (χ1) is 15.4. The van der Waals surface area contributed by atoms with Gasteiger partial charge in [-0.05, 0) is 51.3 Å². The maximum absolute atomic E-state index is 12.5. The van der Waals surface area contributed by atoms with Gasteiger partial charge in [0.15, 0.2) is 5.96 Å². The molecule has 178 valence electrons. The summed E-state index contributed by atoms with van der Waals surface area (Å²) in [6, 6.07) is 8.40. The summed E-state index contributed by atoms with van der Waals surface area (Å²) in [5, 5.41) is 3.28. The number of carbonyl (C=O) groups is 2. The van der Waals surface area contributed by atoms with Crippen LogP contribution in [-0.4, -0.2) is 78.8 Å². The Morgan fingerprint density at radius 3 is 2.59 bits per heavy atom. The number of hydrogen-bond acceptors (Lipinski definition) is 4. The van der Waals surface area contributed by atoms with Crippen molar-refractivity contribution in [1.29, 1.82) is 0 Å². The third-order valence-corrected chi connectivity index (χ3v) is 5.90. The third kappa shape index (κ3) is 7.82. The Morgan fingerprint density at radius 1 is 1.22 bits per heavy atom. The highest BCUT2D eigenvalue weighted by Crippen LogP contribution is 2.19. The lowest BCUT2D eigenvalue weighted by Crippen LogP contribution is -2.45. The normalized spacial score (nSPS) is 17.1.